The van der Waals surface area contributed by atoms with Crippen LogP contribution < -0.4 is 10.1 Å². The highest BCUT2D eigenvalue weighted by molar-refractivity contribution is 5.79. The van der Waals surface area contributed by atoms with Gasteiger partial charge in [0.25, 0.3) is 0 Å². The number of nitrogens with one attached hydrogen (secondary N) is 1. The van der Waals surface area contributed by atoms with Gasteiger partial charge in [0.1, 0.15) is 0 Å². The maximum atomic E-state index is 5.96. The molecule has 0 saturated carbocycles. The van der Waals surface area contributed by atoms with Crippen LogP contribution >= 0.6 is 0 Å². The van der Waals surface area contributed by atoms with Gasteiger partial charge in [-0.1, -0.05) is 13.8 Å². The quantitative estimate of drug-likeness (QED) is 0.514. The van der Waals surface area contributed by atoms with E-state index in [9.17, 15) is 0 Å². The second-order valence-corrected chi connectivity index (χ2v) is 8.23. The van der Waals surface area contributed by atoms with Crippen LogP contribution in [-0.2, 0) is 11.3 Å². The van der Waals surface area contributed by atoms with Crippen molar-refractivity contribution in [1.29, 1.82) is 0 Å². The number of hydrogen-bond acceptors (Lipinski definition) is 4. The minimum absolute atomic E-state index is 0.166. The van der Waals surface area contributed by atoms with Gasteiger partial charge in [0.2, 0.25) is 5.88 Å². The van der Waals surface area contributed by atoms with Gasteiger partial charge >= 0.3 is 0 Å². The molecule has 0 bridgehead atoms. The topological polar surface area (TPSA) is 59.0 Å². The Labute approximate surface area is 170 Å². The number of guanidine groups is 1. The molecule has 1 aliphatic heterocycles. The summed E-state index contributed by atoms with van der Waals surface area (Å²) in [6.45, 7) is 10.0. The lowest BCUT2D eigenvalue weighted by atomic mass is 9.96. The molecule has 1 unspecified atom stereocenters. The van der Waals surface area contributed by atoms with Crippen molar-refractivity contribution in [1.82, 2.24) is 15.2 Å². The van der Waals surface area contributed by atoms with E-state index in [0.29, 0.717) is 18.3 Å². The number of ether oxygens (including phenoxy) is 2. The van der Waals surface area contributed by atoms with Crippen molar-refractivity contribution in [2.75, 3.05) is 33.9 Å². The molecule has 0 radical (unpaired) electrons. The van der Waals surface area contributed by atoms with Crippen LogP contribution in [0.1, 0.15) is 52.0 Å². The fourth-order valence-electron chi connectivity index (χ4n) is 3.63. The Balaban J connectivity index is 1.81. The maximum Gasteiger partial charge on any atom is 0.213 e. The zero-order chi connectivity index (χ0) is 20.4. The zero-order valence-corrected chi connectivity index (χ0v) is 18.3. The second kappa shape index (κ2) is 11.9. The monoisotopic (exact) mass is 390 g/mol. The van der Waals surface area contributed by atoms with Crippen LogP contribution in [0.2, 0.25) is 0 Å². The molecule has 1 atom stereocenters. The Bertz CT molecular complexity index is 600. The van der Waals surface area contributed by atoms with E-state index in [1.165, 1.54) is 19.3 Å². The van der Waals surface area contributed by atoms with E-state index in [1.54, 1.807) is 0 Å². The van der Waals surface area contributed by atoms with E-state index in [2.05, 4.69) is 48.0 Å². The van der Waals surface area contributed by atoms with E-state index in [0.717, 1.165) is 43.6 Å². The largest absolute Gasteiger partial charge is 0.475 e. The summed E-state index contributed by atoms with van der Waals surface area (Å²) < 4.78 is 11.4. The molecule has 0 amide bonds. The third kappa shape index (κ3) is 8.05. The first kappa shape index (κ1) is 22.5. The summed E-state index contributed by atoms with van der Waals surface area (Å²) in [5.41, 5.74) is 1.14. The summed E-state index contributed by atoms with van der Waals surface area (Å²) in [7, 11) is 3.94. The number of hydrogen-bond donors (Lipinski definition) is 1. The predicted molar refractivity (Wildman–Crippen MR) is 115 cm³/mol. The first-order valence-corrected chi connectivity index (χ1v) is 10.6. The number of rotatable bonds is 9. The molecule has 0 aromatic carbocycles. The molecule has 1 saturated heterocycles. The highest BCUT2D eigenvalue weighted by Gasteiger charge is 2.15. The van der Waals surface area contributed by atoms with Crippen molar-refractivity contribution in [3.63, 3.8) is 0 Å². The molecular weight excluding hydrogens is 352 g/mol. The highest BCUT2D eigenvalue weighted by Crippen LogP contribution is 2.18. The molecular formula is C22H38N4O2. The number of pyridine rings is 1. The molecule has 28 heavy (non-hydrogen) atoms. The van der Waals surface area contributed by atoms with Crippen LogP contribution in [-0.4, -0.2) is 55.8 Å². The summed E-state index contributed by atoms with van der Waals surface area (Å²) in [6.07, 6.45) is 6.53. The molecule has 1 fully saturated rings. The number of aliphatic imine (C=N–C) groups is 1. The van der Waals surface area contributed by atoms with Gasteiger partial charge in [0.15, 0.2) is 5.96 Å². The van der Waals surface area contributed by atoms with Crippen LogP contribution in [0.15, 0.2) is 23.3 Å². The second-order valence-electron chi connectivity index (χ2n) is 8.23. The van der Waals surface area contributed by atoms with Crippen molar-refractivity contribution < 1.29 is 9.47 Å². The Morgan fingerprint density at radius 1 is 1.36 bits per heavy atom. The number of nitrogens with zero attached hydrogens (tertiary/aromatic N) is 3. The summed E-state index contributed by atoms with van der Waals surface area (Å²) >= 11 is 0. The molecule has 6 nitrogen and oxygen atoms in total. The van der Waals surface area contributed by atoms with E-state index in [1.807, 2.05) is 25.4 Å². The molecule has 0 spiro atoms. The molecule has 1 N–H and O–H groups in total. The molecule has 2 rings (SSSR count). The van der Waals surface area contributed by atoms with Crippen LogP contribution in [0, 0.1) is 11.8 Å². The zero-order valence-electron chi connectivity index (χ0n) is 18.3. The Morgan fingerprint density at radius 3 is 2.79 bits per heavy atom. The van der Waals surface area contributed by atoms with E-state index >= 15 is 0 Å². The molecule has 2 heterocycles. The lowest BCUT2D eigenvalue weighted by Gasteiger charge is -2.27. The highest BCUT2D eigenvalue weighted by atomic mass is 16.5. The van der Waals surface area contributed by atoms with Crippen molar-refractivity contribution >= 4 is 5.96 Å². The Kier molecular flexibility index (Phi) is 9.55. The minimum atomic E-state index is 0.166. The maximum absolute atomic E-state index is 5.96. The average molecular weight is 391 g/mol. The molecule has 158 valence electrons. The normalized spacial score (nSPS) is 16.9. The van der Waals surface area contributed by atoms with Gasteiger partial charge in [-0.15, -0.1) is 0 Å². The summed E-state index contributed by atoms with van der Waals surface area (Å²) in [4.78, 5) is 11.0. The summed E-state index contributed by atoms with van der Waals surface area (Å²) in [6, 6.07) is 4.03. The minimum Gasteiger partial charge on any atom is -0.475 e. The lowest BCUT2D eigenvalue weighted by molar-refractivity contribution is 0.0625. The van der Waals surface area contributed by atoms with Crippen LogP contribution in [0.3, 0.4) is 0 Å². The van der Waals surface area contributed by atoms with E-state index < -0.39 is 0 Å². The standard InChI is InChI=1S/C22H38N4O2/c1-17(2)14-18(3)28-21-15-20(6-10-24-21)16-25-22(23-4)26(5)11-7-19-8-12-27-13-9-19/h6,10,15,17-19H,7-9,11-14,16H2,1-5H3,(H,23,25). The van der Waals surface area contributed by atoms with Gasteiger partial charge in [-0.05, 0) is 56.1 Å². The molecule has 1 aromatic rings. The van der Waals surface area contributed by atoms with Crippen molar-refractivity contribution in [3.8, 4) is 5.88 Å². The van der Waals surface area contributed by atoms with Crippen molar-refractivity contribution in [2.45, 2.75) is 59.1 Å². The Morgan fingerprint density at radius 2 is 2.11 bits per heavy atom. The van der Waals surface area contributed by atoms with Gasteiger partial charge < -0.3 is 19.7 Å². The fourth-order valence-corrected chi connectivity index (χ4v) is 3.63. The molecule has 0 aliphatic carbocycles. The first-order valence-electron chi connectivity index (χ1n) is 10.6. The Hall–Kier alpha value is -1.82. The van der Waals surface area contributed by atoms with Crippen molar-refractivity contribution in [3.05, 3.63) is 23.9 Å². The van der Waals surface area contributed by atoms with Gasteiger partial charge in [-0.2, -0.15) is 0 Å². The molecule has 1 aromatic heterocycles. The van der Waals surface area contributed by atoms with Crippen LogP contribution in [0.25, 0.3) is 0 Å². The van der Waals surface area contributed by atoms with Gasteiger partial charge in [-0.3, -0.25) is 4.99 Å². The first-order chi connectivity index (χ1) is 13.5. The average Bonchev–Trinajstić information content (AvgIpc) is 2.67. The molecule has 1 aliphatic rings. The SMILES string of the molecule is CN=C(NCc1ccnc(OC(C)CC(C)C)c1)N(C)CCC1CCOCC1. The van der Waals surface area contributed by atoms with E-state index in [-0.39, 0.29) is 6.10 Å². The smallest absolute Gasteiger partial charge is 0.213 e. The molecule has 6 heteroatoms. The lowest BCUT2D eigenvalue weighted by Crippen LogP contribution is -2.39. The van der Waals surface area contributed by atoms with Gasteiger partial charge in [-0.25, -0.2) is 4.98 Å². The summed E-state index contributed by atoms with van der Waals surface area (Å²) in [5, 5.41) is 3.45. The van der Waals surface area contributed by atoms with Crippen LogP contribution in [0.4, 0.5) is 0 Å². The van der Waals surface area contributed by atoms with Gasteiger partial charge in [0.05, 0.1) is 6.10 Å². The van der Waals surface area contributed by atoms with Crippen LogP contribution in [0.5, 0.6) is 5.88 Å². The fraction of sp³-hybridized carbons (Fsp3) is 0.727. The third-order valence-electron chi connectivity index (χ3n) is 5.16. The van der Waals surface area contributed by atoms with Gasteiger partial charge in [0, 0.05) is 52.7 Å². The summed E-state index contributed by atoms with van der Waals surface area (Å²) in [5.74, 6) is 2.98. The predicted octanol–water partition coefficient (Wildman–Crippen LogP) is 3.72. The number of aromatic nitrogens is 1. The van der Waals surface area contributed by atoms with E-state index in [4.69, 9.17) is 9.47 Å². The third-order valence-corrected chi connectivity index (χ3v) is 5.16. The van der Waals surface area contributed by atoms with Crippen molar-refractivity contribution in [2.24, 2.45) is 16.8 Å².